The molecule has 0 spiro atoms. The van der Waals surface area contributed by atoms with Crippen LogP contribution in [0.1, 0.15) is 38.7 Å². The van der Waals surface area contributed by atoms with Crippen molar-refractivity contribution in [2.75, 3.05) is 16.2 Å². The molecule has 1 amide bonds. The number of nitrogens with zero attached hydrogens (tertiary/aromatic N) is 1. The van der Waals surface area contributed by atoms with Gasteiger partial charge in [-0.05, 0) is 55.2 Å². The van der Waals surface area contributed by atoms with E-state index in [4.69, 9.17) is 0 Å². The molecular formula is C21H26N2O3S. The third-order valence-electron chi connectivity index (χ3n) is 4.95. The van der Waals surface area contributed by atoms with Gasteiger partial charge in [-0.15, -0.1) is 0 Å². The standard InChI is InChI=1S/C21H26N2O3S/c1-3-7-16(2)21(24)22-18-11-13-19(14-12-18)27(25,26)23-15-6-9-17-8-4-5-10-20(17)23/h4-5,8,10-14,16H,3,6-7,9,15H2,1-2H3,(H,22,24). The molecule has 1 unspecified atom stereocenters. The van der Waals surface area contributed by atoms with Gasteiger partial charge in [-0.1, -0.05) is 38.5 Å². The highest BCUT2D eigenvalue weighted by atomic mass is 32.2. The lowest BCUT2D eigenvalue weighted by molar-refractivity contribution is -0.119. The van der Waals surface area contributed by atoms with E-state index in [2.05, 4.69) is 5.32 Å². The van der Waals surface area contributed by atoms with Gasteiger partial charge in [0.2, 0.25) is 5.91 Å². The summed E-state index contributed by atoms with van der Waals surface area (Å²) in [6, 6.07) is 14.1. The van der Waals surface area contributed by atoms with Gasteiger partial charge in [-0.2, -0.15) is 0 Å². The molecule has 3 rings (SSSR count). The van der Waals surface area contributed by atoms with Crippen LogP contribution in [-0.4, -0.2) is 20.9 Å². The fraction of sp³-hybridized carbons (Fsp3) is 0.381. The molecule has 0 bridgehead atoms. The molecule has 2 aromatic carbocycles. The topological polar surface area (TPSA) is 66.5 Å². The van der Waals surface area contributed by atoms with Crippen LogP contribution in [-0.2, 0) is 21.2 Å². The summed E-state index contributed by atoms with van der Waals surface area (Å²) in [5.41, 5.74) is 2.43. The smallest absolute Gasteiger partial charge is 0.264 e. The Labute approximate surface area is 161 Å². The maximum Gasteiger partial charge on any atom is 0.264 e. The largest absolute Gasteiger partial charge is 0.326 e. The Morgan fingerprint density at radius 1 is 1.15 bits per heavy atom. The quantitative estimate of drug-likeness (QED) is 0.809. The summed E-state index contributed by atoms with van der Waals surface area (Å²) in [5, 5.41) is 2.85. The Bertz CT molecular complexity index is 907. The molecule has 6 heteroatoms. The molecule has 0 fully saturated rings. The van der Waals surface area contributed by atoms with Crippen molar-refractivity contribution in [3.8, 4) is 0 Å². The number of carbonyl (C=O) groups excluding carboxylic acids is 1. The summed E-state index contributed by atoms with van der Waals surface area (Å²) >= 11 is 0. The molecule has 1 aliphatic heterocycles. The molecule has 2 aromatic rings. The first-order valence-electron chi connectivity index (χ1n) is 9.45. The summed E-state index contributed by atoms with van der Waals surface area (Å²) in [6.45, 7) is 4.42. The third kappa shape index (κ3) is 4.16. The SMILES string of the molecule is CCCC(C)C(=O)Nc1ccc(S(=O)(=O)N2CCCc3ccccc32)cc1. The average Bonchev–Trinajstić information content (AvgIpc) is 2.68. The van der Waals surface area contributed by atoms with Crippen LogP contribution < -0.4 is 9.62 Å². The van der Waals surface area contributed by atoms with Crippen molar-refractivity contribution < 1.29 is 13.2 Å². The van der Waals surface area contributed by atoms with Gasteiger partial charge in [0.1, 0.15) is 0 Å². The van der Waals surface area contributed by atoms with Gasteiger partial charge in [-0.25, -0.2) is 8.42 Å². The number of anilines is 2. The molecule has 1 aliphatic rings. The molecule has 0 radical (unpaired) electrons. The number of hydrogen-bond acceptors (Lipinski definition) is 3. The van der Waals surface area contributed by atoms with E-state index in [-0.39, 0.29) is 16.7 Å². The Kier molecular flexibility index (Phi) is 5.85. The molecule has 5 nitrogen and oxygen atoms in total. The lowest BCUT2D eigenvalue weighted by Crippen LogP contribution is -2.35. The summed E-state index contributed by atoms with van der Waals surface area (Å²) in [4.78, 5) is 12.4. The summed E-state index contributed by atoms with van der Waals surface area (Å²) in [7, 11) is -3.62. The van der Waals surface area contributed by atoms with Crippen LogP contribution in [0.5, 0.6) is 0 Å². The highest BCUT2D eigenvalue weighted by Gasteiger charge is 2.28. The fourth-order valence-electron chi connectivity index (χ4n) is 3.42. The number of benzene rings is 2. The molecule has 27 heavy (non-hydrogen) atoms. The number of hydrogen-bond donors (Lipinski definition) is 1. The normalized spacial score (nSPS) is 15.1. The van der Waals surface area contributed by atoms with E-state index in [1.54, 1.807) is 24.3 Å². The van der Waals surface area contributed by atoms with Crippen LogP contribution in [0.2, 0.25) is 0 Å². The Morgan fingerprint density at radius 2 is 1.85 bits per heavy atom. The zero-order valence-corrected chi connectivity index (χ0v) is 16.6. The minimum absolute atomic E-state index is 0.0441. The van der Waals surface area contributed by atoms with E-state index in [0.717, 1.165) is 36.9 Å². The number of rotatable bonds is 6. The van der Waals surface area contributed by atoms with Crippen molar-refractivity contribution in [1.29, 1.82) is 0 Å². The maximum atomic E-state index is 13.1. The number of para-hydroxylation sites is 1. The van der Waals surface area contributed by atoms with Gasteiger partial charge in [0, 0.05) is 18.2 Å². The summed E-state index contributed by atoms with van der Waals surface area (Å²) in [5.74, 6) is -0.110. The lowest BCUT2D eigenvalue weighted by atomic mass is 10.0. The van der Waals surface area contributed by atoms with E-state index in [0.29, 0.717) is 12.2 Å². The molecule has 0 saturated heterocycles. The van der Waals surface area contributed by atoms with Crippen LogP contribution in [0, 0.1) is 5.92 Å². The Hall–Kier alpha value is -2.34. The van der Waals surface area contributed by atoms with E-state index in [1.165, 1.54) is 4.31 Å². The van der Waals surface area contributed by atoms with Gasteiger partial charge in [0.15, 0.2) is 0 Å². The molecule has 0 aromatic heterocycles. The Balaban J connectivity index is 1.80. The average molecular weight is 387 g/mol. The highest BCUT2D eigenvalue weighted by Crippen LogP contribution is 2.32. The predicted octanol–water partition coefficient (Wildman–Crippen LogP) is 4.20. The van der Waals surface area contributed by atoms with Gasteiger partial charge in [0.05, 0.1) is 10.6 Å². The zero-order chi connectivity index (χ0) is 19.4. The van der Waals surface area contributed by atoms with Crippen LogP contribution in [0.4, 0.5) is 11.4 Å². The lowest BCUT2D eigenvalue weighted by Gasteiger charge is -2.30. The molecule has 0 saturated carbocycles. The fourth-order valence-corrected chi connectivity index (χ4v) is 4.96. The molecule has 0 aliphatic carbocycles. The van der Waals surface area contributed by atoms with Gasteiger partial charge in [-0.3, -0.25) is 9.10 Å². The molecule has 1 atom stereocenters. The van der Waals surface area contributed by atoms with E-state index < -0.39 is 10.0 Å². The second kappa shape index (κ2) is 8.13. The van der Waals surface area contributed by atoms with Gasteiger partial charge >= 0.3 is 0 Å². The molecule has 144 valence electrons. The van der Waals surface area contributed by atoms with Crippen molar-refractivity contribution in [3.05, 3.63) is 54.1 Å². The number of fused-ring (bicyclic) bond motifs is 1. The summed E-state index contributed by atoms with van der Waals surface area (Å²) < 4.78 is 27.7. The van der Waals surface area contributed by atoms with Crippen molar-refractivity contribution in [3.63, 3.8) is 0 Å². The number of aryl methyl sites for hydroxylation is 1. The highest BCUT2D eigenvalue weighted by molar-refractivity contribution is 7.92. The van der Waals surface area contributed by atoms with Crippen molar-refractivity contribution >= 4 is 27.3 Å². The van der Waals surface area contributed by atoms with Gasteiger partial charge < -0.3 is 5.32 Å². The third-order valence-corrected chi connectivity index (χ3v) is 6.77. The summed E-state index contributed by atoms with van der Waals surface area (Å²) in [6.07, 6.45) is 3.47. The van der Waals surface area contributed by atoms with Crippen LogP contribution >= 0.6 is 0 Å². The number of carbonyl (C=O) groups is 1. The zero-order valence-electron chi connectivity index (χ0n) is 15.8. The Morgan fingerprint density at radius 3 is 2.56 bits per heavy atom. The molecule has 1 heterocycles. The van der Waals surface area contributed by atoms with Crippen molar-refractivity contribution in [2.45, 2.75) is 44.4 Å². The first-order valence-corrected chi connectivity index (χ1v) is 10.9. The van der Waals surface area contributed by atoms with E-state index >= 15 is 0 Å². The predicted molar refractivity (Wildman–Crippen MR) is 108 cm³/mol. The van der Waals surface area contributed by atoms with Crippen molar-refractivity contribution in [1.82, 2.24) is 0 Å². The molecule has 1 N–H and O–H groups in total. The van der Waals surface area contributed by atoms with Crippen LogP contribution in [0.3, 0.4) is 0 Å². The minimum Gasteiger partial charge on any atom is -0.326 e. The monoisotopic (exact) mass is 386 g/mol. The number of nitrogens with one attached hydrogen (secondary N) is 1. The van der Waals surface area contributed by atoms with Crippen LogP contribution in [0.15, 0.2) is 53.4 Å². The van der Waals surface area contributed by atoms with Crippen LogP contribution in [0.25, 0.3) is 0 Å². The maximum absolute atomic E-state index is 13.1. The minimum atomic E-state index is -3.62. The van der Waals surface area contributed by atoms with Crippen molar-refractivity contribution in [2.24, 2.45) is 5.92 Å². The molecular weight excluding hydrogens is 360 g/mol. The first kappa shape index (κ1) is 19.4. The second-order valence-corrected chi connectivity index (χ2v) is 8.88. The second-order valence-electron chi connectivity index (χ2n) is 7.01. The first-order chi connectivity index (χ1) is 12.9. The van der Waals surface area contributed by atoms with E-state index in [9.17, 15) is 13.2 Å². The number of amides is 1. The van der Waals surface area contributed by atoms with Gasteiger partial charge in [0.25, 0.3) is 10.0 Å². The number of sulfonamides is 1. The van der Waals surface area contributed by atoms with E-state index in [1.807, 2.05) is 38.1 Å².